The maximum Gasteiger partial charge on any atom is 0.306 e. The Hall–Kier alpha value is -2.12. The number of carbonyl (C=O) groups is 2. The van der Waals surface area contributed by atoms with Gasteiger partial charge in [-0.05, 0) is 77.0 Å². The van der Waals surface area contributed by atoms with Gasteiger partial charge in [-0.15, -0.1) is 0 Å². The van der Waals surface area contributed by atoms with Crippen LogP contribution < -0.4 is 5.32 Å². The molecule has 1 heterocycles. The van der Waals surface area contributed by atoms with Crippen LogP contribution in [0.2, 0.25) is 0 Å². The van der Waals surface area contributed by atoms with Crippen LogP contribution in [0.4, 0.5) is 0 Å². The molecule has 8 atom stereocenters. The fourth-order valence-corrected chi connectivity index (χ4v) is 12.8. The second-order valence-corrected chi connectivity index (χ2v) is 27.8. The van der Waals surface area contributed by atoms with Crippen LogP contribution in [0.1, 0.15) is 400 Å². The van der Waals surface area contributed by atoms with E-state index in [1.54, 1.807) is 6.08 Å². The van der Waals surface area contributed by atoms with Gasteiger partial charge in [-0.1, -0.05) is 353 Å². The molecule has 11 heteroatoms. The molecule has 0 saturated carbocycles. The van der Waals surface area contributed by atoms with E-state index in [9.17, 15) is 35.1 Å². The highest BCUT2D eigenvalue weighted by molar-refractivity contribution is 5.80. The molecule has 0 aromatic rings. The molecule has 0 aliphatic carbocycles. The Kier molecular flexibility index (Phi) is 64.8. The number of ether oxygens (including phenoxy) is 3. The van der Waals surface area contributed by atoms with Crippen molar-refractivity contribution in [3.8, 4) is 0 Å². The van der Waals surface area contributed by atoms with Crippen LogP contribution in [-0.2, 0) is 23.8 Å². The summed E-state index contributed by atoms with van der Waals surface area (Å²) >= 11 is 0. The maximum absolute atomic E-state index is 13.5. The van der Waals surface area contributed by atoms with E-state index in [-0.39, 0.29) is 13.0 Å². The number of esters is 1. The molecule has 1 amide bonds. The number of carbonyl (C=O) groups excluding carboxylic acids is 2. The summed E-state index contributed by atoms with van der Waals surface area (Å²) in [4.78, 5) is 26.7. The number of allylic oxidation sites excluding steroid dienone is 5. The molecule has 0 spiro atoms. The van der Waals surface area contributed by atoms with Crippen molar-refractivity contribution in [1.29, 1.82) is 0 Å². The smallest absolute Gasteiger partial charge is 0.306 e. The third-order valence-electron chi connectivity index (χ3n) is 19.0. The highest BCUT2D eigenvalue weighted by Gasteiger charge is 2.47. The monoisotopic (exact) mass is 1290 g/mol. The summed E-state index contributed by atoms with van der Waals surface area (Å²) in [6.45, 7) is 5.85. The molecule has 6 N–H and O–H groups in total. The minimum absolute atomic E-state index is 0.128. The first-order valence-electron chi connectivity index (χ1n) is 39.8. The average Bonchev–Trinajstić information content (AvgIpc) is 1.02. The van der Waals surface area contributed by atoms with Gasteiger partial charge in [-0.3, -0.25) is 9.59 Å². The van der Waals surface area contributed by atoms with Gasteiger partial charge < -0.3 is 45.1 Å². The zero-order chi connectivity index (χ0) is 66.0. The fourth-order valence-electron chi connectivity index (χ4n) is 12.8. The van der Waals surface area contributed by atoms with Gasteiger partial charge in [0.15, 0.2) is 12.4 Å². The van der Waals surface area contributed by atoms with Crippen molar-refractivity contribution in [1.82, 2.24) is 5.32 Å². The van der Waals surface area contributed by atoms with E-state index in [1.165, 1.54) is 295 Å². The van der Waals surface area contributed by atoms with E-state index in [0.29, 0.717) is 19.3 Å². The quantitative estimate of drug-likeness (QED) is 0.0195. The topological polar surface area (TPSA) is 175 Å². The number of nitrogens with one attached hydrogen (secondary N) is 1. The first-order chi connectivity index (χ1) is 44.7. The van der Waals surface area contributed by atoms with Crippen LogP contribution in [0.15, 0.2) is 36.5 Å². The van der Waals surface area contributed by atoms with Crippen molar-refractivity contribution in [3.05, 3.63) is 36.5 Å². The standard InChI is InChI=1S/C80H151NO10/c1-4-7-10-13-16-19-22-24-26-28-30-32-34-36-38-39-41-43-45-47-49-52-55-58-61-64-67-73(84)79(88)81-71(72(83)66-63-60-57-54-51-21-18-15-12-9-6-3)70-89-80-78(77(87)76(86)74(69-82)90-80)91-75(85)68-65-62-59-56-53-50-48-46-44-42-40-37-35-33-31-29-27-25-23-20-17-14-11-8-5-2/h24-27,63,66,71-74,76-78,80,82-84,86-87H,4-23,28-62,64-65,67-70H2,1-3H3,(H,81,88)/b26-24+,27-25+,66-63+. The van der Waals surface area contributed by atoms with Crippen LogP contribution in [0.5, 0.6) is 0 Å². The first-order valence-corrected chi connectivity index (χ1v) is 39.8. The predicted molar refractivity (Wildman–Crippen MR) is 384 cm³/mol. The number of hydrogen-bond acceptors (Lipinski definition) is 10. The van der Waals surface area contributed by atoms with Gasteiger partial charge >= 0.3 is 5.97 Å². The van der Waals surface area contributed by atoms with Gasteiger partial charge in [-0.25, -0.2) is 0 Å². The highest BCUT2D eigenvalue weighted by atomic mass is 16.7. The van der Waals surface area contributed by atoms with E-state index in [4.69, 9.17) is 14.2 Å². The van der Waals surface area contributed by atoms with E-state index in [1.807, 2.05) is 6.08 Å². The lowest BCUT2D eigenvalue weighted by atomic mass is 9.99. The van der Waals surface area contributed by atoms with Gasteiger partial charge in [0.25, 0.3) is 0 Å². The number of aliphatic hydroxyl groups is 5. The van der Waals surface area contributed by atoms with E-state index >= 15 is 0 Å². The Balaban J connectivity index is 2.46. The molecule has 8 unspecified atom stereocenters. The summed E-state index contributed by atoms with van der Waals surface area (Å²) in [5.41, 5.74) is 0. The van der Waals surface area contributed by atoms with E-state index < -0.39 is 67.4 Å². The molecule has 0 radical (unpaired) electrons. The third-order valence-corrected chi connectivity index (χ3v) is 19.0. The second kappa shape index (κ2) is 67.8. The number of unbranched alkanes of at least 4 members (excludes halogenated alkanes) is 52. The predicted octanol–water partition coefficient (Wildman–Crippen LogP) is 21.3. The van der Waals surface area contributed by atoms with Crippen molar-refractivity contribution in [2.45, 2.75) is 449 Å². The minimum Gasteiger partial charge on any atom is -0.454 e. The molecular formula is C80H151NO10. The molecule has 11 nitrogen and oxygen atoms in total. The number of hydrogen-bond donors (Lipinski definition) is 6. The molecule has 0 aromatic carbocycles. The maximum atomic E-state index is 13.5. The van der Waals surface area contributed by atoms with Gasteiger partial charge in [-0.2, -0.15) is 0 Å². The molecular weight excluding hydrogens is 1130 g/mol. The summed E-state index contributed by atoms with van der Waals surface area (Å²) in [5.74, 6) is -1.17. The summed E-state index contributed by atoms with van der Waals surface area (Å²) < 4.78 is 17.7. The Morgan fingerprint density at radius 2 is 0.725 bits per heavy atom. The van der Waals surface area contributed by atoms with Crippen molar-refractivity contribution in [3.63, 3.8) is 0 Å². The average molecular weight is 1290 g/mol. The van der Waals surface area contributed by atoms with E-state index in [0.717, 1.165) is 57.8 Å². The summed E-state index contributed by atoms with van der Waals surface area (Å²) in [7, 11) is 0. The Morgan fingerprint density at radius 3 is 1.07 bits per heavy atom. The number of aliphatic hydroxyl groups excluding tert-OH is 5. The second-order valence-electron chi connectivity index (χ2n) is 27.8. The first kappa shape index (κ1) is 86.9. The zero-order valence-corrected chi connectivity index (χ0v) is 60.0. The fraction of sp³-hybridized carbons (Fsp3) is 0.900. The molecule has 1 aliphatic heterocycles. The van der Waals surface area contributed by atoms with Crippen molar-refractivity contribution < 1.29 is 49.3 Å². The van der Waals surface area contributed by atoms with Crippen molar-refractivity contribution in [2.24, 2.45) is 0 Å². The largest absolute Gasteiger partial charge is 0.454 e. The molecule has 0 bridgehead atoms. The summed E-state index contributed by atoms with van der Waals surface area (Å²) in [6.07, 6.45) is 75.0. The molecule has 91 heavy (non-hydrogen) atoms. The van der Waals surface area contributed by atoms with Gasteiger partial charge in [0.1, 0.15) is 24.4 Å². The van der Waals surface area contributed by atoms with Gasteiger partial charge in [0, 0.05) is 6.42 Å². The number of amides is 1. The molecule has 1 fully saturated rings. The van der Waals surface area contributed by atoms with Crippen LogP contribution >= 0.6 is 0 Å². The summed E-state index contributed by atoms with van der Waals surface area (Å²) in [6, 6.07) is -1.02. The SMILES string of the molecule is CCCCCCCC/C=C/CCCCCCCCCCCCCCCCCCC(O)C(=O)NC(COC1OC(CO)C(O)C(O)C1OC(=O)CCCCCCCCCCCCCCCCC/C=C/CCCCCCCC)C(O)/C=C/CCCCCCCCCCC. The lowest BCUT2D eigenvalue weighted by Gasteiger charge is -2.41. The molecule has 0 aromatic heterocycles. The summed E-state index contributed by atoms with van der Waals surface area (Å²) in [5, 5.41) is 57.4. The van der Waals surface area contributed by atoms with Gasteiger partial charge in [0.2, 0.25) is 5.91 Å². The molecule has 536 valence electrons. The Bertz CT molecular complexity index is 1620. The number of rotatable bonds is 70. The molecule has 1 rings (SSSR count). The van der Waals surface area contributed by atoms with Crippen molar-refractivity contribution in [2.75, 3.05) is 13.2 Å². The Labute approximate surface area is 562 Å². The van der Waals surface area contributed by atoms with Crippen LogP contribution in [0.25, 0.3) is 0 Å². The van der Waals surface area contributed by atoms with Crippen LogP contribution in [0.3, 0.4) is 0 Å². The Morgan fingerprint density at radius 1 is 0.418 bits per heavy atom. The molecule has 1 aliphatic rings. The minimum atomic E-state index is -1.61. The lowest BCUT2D eigenvalue weighted by molar-refractivity contribution is -0.305. The zero-order valence-electron chi connectivity index (χ0n) is 60.0. The normalized spacial score (nSPS) is 18.1. The third kappa shape index (κ3) is 54.7. The highest BCUT2D eigenvalue weighted by Crippen LogP contribution is 2.27. The van der Waals surface area contributed by atoms with Gasteiger partial charge in [0.05, 0.1) is 25.4 Å². The van der Waals surface area contributed by atoms with Crippen molar-refractivity contribution >= 4 is 11.9 Å². The molecule has 1 saturated heterocycles. The van der Waals surface area contributed by atoms with E-state index in [2.05, 4.69) is 50.4 Å². The lowest BCUT2D eigenvalue weighted by Crippen LogP contribution is -2.61. The van der Waals surface area contributed by atoms with Crippen LogP contribution in [0, 0.1) is 0 Å². The van der Waals surface area contributed by atoms with Crippen LogP contribution in [-0.4, -0.2) is 99.6 Å².